The molecule has 0 atom stereocenters. The molecule has 2 heterocycles. The monoisotopic (exact) mass is 260 g/mol. The molecule has 4 nitrogen and oxygen atoms in total. The normalized spacial score (nSPS) is 11.1. The number of halogens is 2. The summed E-state index contributed by atoms with van der Waals surface area (Å²) >= 11 is 0. The topological polar surface area (TPSA) is 56.7 Å². The zero-order valence-electron chi connectivity index (χ0n) is 10.1. The standard InChI is InChI=1S/C13H10F2N4/c1-7-5-6-17-12-11(7)18-13(16)19(12)9-4-2-3-8(14)10(9)15/h2-6H,1H3,(H2,16,18). The molecule has 0 aliphatic rings. The first-order valence-corrected chi connectivity index (χ1v) is 5.63. The zero-order chi connectivity index (χ0) is 13.6. The highest BCUT2D eigenvalue weighted by Gasteiger charge is 2.17. The van der Waals surface area contributed by atoms with E-state index in [2.05, 4.69) is 9.97 Å². The Morgan fingerprint density at radius 2 is 2.00 bits per heavy atom. The highest BCUT2D eigenvalue weighted by atomic mass is 19.2. The smallest absolute Gasteiger partial charge is 0.207 e. The van der Waals surface area contributed by atoms with E-state index in [4.69, 9.17) is 5.73 Å². The number of fused-ring (bicyclic) bond motifs is 1. The van der Waals surface area contributed by atoms with Crippen molar-refractivity contribution in [3.63, 3.8) is 0 Å². The van der Waals surface area contributed by atoms with Gasteiger partial charge in [0.25, 0.3) is 0 Å². The number of anilines is 1. The number of pyridine rings is 1. The van der Waals surface area contributed by atoms with Crippen molar-refractivity contribution < 1.29 is 8.78 Å². The molecule has 0 aliphatic carbocycles. The Balaban J connectivity index is 2.40. The third-order valence-electron chi connectivity index (χ3n) is 2.95. The molecular formula is C13H10F2N4. The van der Waals surface area contributed by atoms with Crippen LogP contribution in [0.25, 0.3) is 16.9 Å². The van der Waals surface area contributed by atoms with E-state index in [9.17, 15) is 8.78 Å². The molecule has 2 aromatic heterocycles. The van der Waals surface area contributed by atoms with Gasteiger partial charge in [0.05, 0.1) is 5.69 Å². The summed E-state index contributed by atoms with van der Waals surface area (Å²) in [6.07, 6.45) is 1.58. The Morgan fingerprint density at radius 1 is 1.21 bits per heavy atom. The molecule has 3 rings (SSSR count). The van der Waals surface area contributed by atoms with Gasteiger partial charge >= 0.3 is 0 Å². The first-order valence-electron chi connectivity index (χ1n) is 5.63. The van der Waals surface area contributed by atoms with Crippen LogP contribution in [0.2, 0.25) is 0 Å². The van der Waals surface area contributed by atoms with Crippen LogP contribution in [0, 0.1) is 18.6 Å². The molecule has 19 heavy (non-hydrogen) atoms. The lowest BCUT2D eigenvalue weighted by Crippen LogP contribution is -2.04. The number of nitrogen functional groups attached to an aromatic ring is 1. The molecule has 0 aliphatic heterocycles. The highest BCUT2D eigenvalue weighted by Crippen LogP contribution is 2.25. The Morgan fingerprint density at radius 3 is 2.79 bits per heavy atom. The number of imidazole rings is 1. The van der Waals surface area contributed by atoms with E-state index in [0.29, 0.717) is 11.2 Å². The number of hydrogen-bond donors (Lipinski definition) is 1. The van der Waals surface area contributed by atoms with Crippen molar-refractivity contribution in [2.75, 3.05) is 5.73 Å². The Bertz CT molecular complexity index is 780. The molecular weight excluding hydrogens is 250 g/mol. The van der Waals surface area contributed by atoms with Gasteiger partial charge in [-0.15, -0.1) is 0 Å². The van der Waals surface area contributed by atoms with Crippen molar-refractivity contribution in [1.29, 1.82) is 0 Å². The number of rotatable bonds is 1. The Hall–Kier alpha value is -2.50. The summed E-state index contributed by atoms with van der Waals surface area (Å²) in [6, 6.07) is 5.67. The zero-order valence-corrected chi connectivity index (χ0v) is 10.1. The predicted octanol–water partition coefficient (Wildman–Crippen LogP) is 2.59. The molecule has 0 saturated heterocycles. The predicted molar refractivity (Wildman–Crippen MR) is 67.9 cm³/mol. The summed E-state index contributed by atoms with van der Waals surface area (Å²) in [5, 5.41) is 0. The van der Waals surface area contributed by atoms with Gasteiger partial charge in [0.1, 0.15) is 5.52 Å². The summed E-state index contributed by atoms with van der Waals surface area (Å²) in [4.78, 5) is 8.29. The van der Waals surface area contributed by atoms with Gasteiger partial charge in [-0.1, -0.05) is 6.07 Å². The molecule has 0 saturated carbocycles. The van der Waals surface area contributed by atoms with Crippen molar-refractivity contribution in [2.24, 2.45) is 0 Å². The average Bonchev–Trinajstić information content (AvgIpc) is 2.71. The number of nitrogens with zero attached hydrogens (tertiary/aromatic N) is 3. The van der Waals surface area contributed by atoms with Crippen LogP contribution in [0.1, 0.15) is 5.56 Å². The number of aryl methyl sites for hydroxylation is 1. The average molecular weight is 260 g/mol. The third kappa shape index (κ3) is 1.64. The van der Waals surface area contributed by atoms with Gasteiger partial charge in [0.2, 0.25) is 5.95 Å². The maximum Gasteiger partial charge on any atom is 0.207 e. The lowest BCUT2D eigenvalue weighted by Gasteiger charge is -2.07. The molecule has 0 amide bonds. The van der Waals surface area contributed by atoms with E-state index >= 15 is 0 Å². The van der Waals surface area contributed by atoms with E-state index in [1.54, 1.807) is 12.3 Å². The lowest BCUT2D eigenvalue weighted by molar-refractivity contribution is 0.505. The van der Waals surface area contributed by atoms with Crippen LogP contribution in [0.4, 0.5) is 14.7 Å². The first kappa shape index (κ1) is 11.6. The van der Waals surface area contributed by atoms with Crippen LogP contribution in [-0.4, -0.2) is 14.5 Å². The van der Waals surface area contributed by atoms with Gasteiger partial charge < -0.3 is 5.73 Å². The van der Waals surface area contributed by atoms with Crippen molar-refractivity contribution in [2.45, 2.75) is 6.92 Å². The van der Waals surface area contributed by atoms with Gasteiger partial charge in [0, 0.05) is 6.20 Å². The molecule has 0 spiro atoms. The summed E-state index contributed by atoms with van der Waals surface area (Å²) in [5.74, 6) is -1.84. The van der Waals surface area contributed by atoms with E-state index < -0.39 is 11.6 Å². The third-order valence-corrected chi connectivity index (χ3v) is 2.95. The molecule has 3 aromatic rings. The maximum absolute atomic E-state index is 13.9. The molecule has 0 bridgehead atoms. The van der Waals surface area contributed by atoms with Crippen molar-refractivity contribution in [3.8, 4) is 5.69 Å². The van der Waals surface area contributed by atoms with E-state index in [0.717, 1.165) is 11.6 Å². The number of aromatic nitrogens is 3. The van der Waals surface area contributed by atoms with Crippen molar-refractivity contribution >= 4 is 17.1 Å². The fourth-order valence-corrected chi connectivity index (χ4v) is 2.01. The quantitative estimate of drug-likeness (QED) is 0.731. The summed E-state index contributed by atoms with van der Waals surface area (Å²) < 4.78 is 28.5. The van der Waals surface area contributed by atoms with Crippen LogP contribution >= 0.6 is 0 Å². The van der Waals surface area contributed by atoms with Gasteiger partial charge in [0.15, 0.2) is 17.3 Å². The van der Waals surface area contributed by atoms with Crippen LogP contribution < -0.4 is 5.73 Å². The summed E-state index contributed by atoms with van der Waals surface area (Å²) in [6.45, 7) is 1.85. The Kier molecular flexibility index (Phi) is 2.45. The molecule has 0 unspecified atom stereocenters. The van der Waals surface area contributed by atoms with Crippen LogP contribution in [0.15, 0.2) is 30.5 Å². The second-order valence-corrected chi connectivity index (χ2v) is 4.18. The molecule has 2 N–H and O–H groups in total. The summed E-state index contributed by atoms with van der Waals surface area (Å²) in [7, 11) is 0. The fraction of sp³-hybridized carbons (Fsp3) is 0.0769. The van der Waals surface area contributed by atoms with E-state index in [-0.39, 0.29) is 11.6 Å². The molecule has 0 radical (unpaired) electrons. The molecule has 6 heteroatoms. The van der Waals surface area contributed by atoms with Crippen LogP contribution in [0.5, 0.6) is 0 Å². The SMILES string of the molecule is Cc1ccnc2c1nc(N)n2-c1cccc(F)c1F. The number of nitrogens with two attached hydrogens (primary N) is 1. The summed E-state index contributed by atoms with van der Waals surface area (Å²) in [5.41, 5.74) is 7.64. The van der Waals surface area contributed by atoms with Crippen LogP contribution in [0.3, 0.4) is 0 Å². The highest BCUT2D eigenvalue weighted by molar-refractivity contribution is 5.79. The number of hydrogen-bond acceptors (Lipinski definition) is 3. The van der Waals surface area contributed by atoms with Gasteiger partial charge in [-0.05, 0) is 30.7 Å². The minimum atomic E-state index is -0.975. The largest absolute Gasteiger partial charge is 0.369 e. The lowest BCUT2D eigenvalue weighted by atomic mass is 10.2. The van der Waals surface area contributed by atoms with Crippen molar-refractivity contribution in [1.82, 2.24) is 14.5 Å². The minimum Gasteiger partial charge on any atom is -0.369 e. The second kappa shape index (κ2) is 4.01. The Labute approximate surface area is 107 Å². The van der Waals surface area contributed by atoms with Gasteiger partial charge in [-0.25, -0.2) is 18.7 Å². The number of benzene rings is 1. The first-order chi connectivity index (χ1) is 9.09. The maximum atomic E-state index is 13.9. The van der Waals surface area contributed by atoms with E-state index in [1.807, 2.05) is 6.92 Å². The molecule has 96 valence electrons. The van der Waals surface area contributed by atoms with Crippen molar-refractivity contribution in [3.05, 3.63) is 47.7 Å². The van der Waals surface area contributed by atoms with E-state index in [1.165, 1.54) is 16.7 Å². The minimum absolute atomic E-state index is 0.00176. The fourth-order valence-electron chi connectivity index (χ4n) is 2.01. The van der Waals surface area contributed by atoms with Gasteiger partial charge in [-0.2, -0.15) is 0 Å². The second-order valence-electron chi connectivity index (χ2n) is 4.18. The molecule has 0 fully saturated rings. The molecule has 1 aromatic carbocycles. The van der Waals surface area contributed by atoms with Gasteiger partial charge in [-0.3, -0.25) is 4.57 Å². The van der Waals surface area contributed by atoms with Crippen LogP contribution in [-0.2, 0) is 0 Å².